The van der Waals surface area contributed by atoms with Crippen molar-refractivity contribution >= 4 is 5.91 Å². The SMILES string of the molecule is O=C(COc1ccc2c(c1)OCO2)NCCOc1ccc(-c2ccco2)nn1. The molecule has 0 saturated carbocycles. The highest BCUT2D eigenvalue weighted by Gasteiger charge is 2.14. The Balaban J connectivity index is 1.15. The molecule has 1 amide bonds. The lowest BCUT2D eigenvalue weighted by atomic mass is 10.3. The van der Waals surface area contributed by atoms with Crippen LogP contribution in [0.2, 0.25) is 0 Å². The first kappa shape index (κ1) is 17.7. The van der Waals surface area contributed by atoms with Crippen molar-refractivity contribution in [3.05, 3.63) is 48.7 Å². The van der Waals surface area contributed by atoms with Gasteiger partial charge < -0.3 is 28.7 Å². The van der Waals surface area contributed by atoms with Gasteiger partial charge in [-0.2, -0.15) is 0 Å². The molecule has 9 heteroatoms. The summed E-state index contributed by atoms with van der Waals surface area (Å²) >= 11 is 0. The Labute approximate surface area is 160 Å². The van der Waals surface area contributed by atoms with Crippen LogP contribution in [0.5, 0.6) is 23.1 Å². The predicted octanol–water partition coefficient (Wildman–Crippen LogP) is 2.04. The van der Waals surface area contributed by atoms with Crippen LogP contribution in [0.3, 0.4) is 0 Å². The third-order valence-corrected chi connectivity index (χ3v) is 3.80. The van der Waals surface area contributed by atoms with Gasteiger partial charge in [0.2, 0.25) is 12.7 Å². The Kier molecular flexibility index (Phi) is 5.23. The van der Waals surface area contributed by atoms with Crippen molar-refractivity contribution in [2.75, 3.05) is 26.6 Å². The zero-order valence-electron chi connectivity index (χ0n) is 14.8. The van der Waals surface area contributed by atoms with Gasteiger partial charge in [0.1, 0.15) is 18.1 Å². The monoisotopic (exact) mass is 383 g/mol. The van der Waals surface area contributed by atoms with Crippen LogP contribution < -0.4 is 24.3 Å². The lowest BCUT2D eigenvalue weighted by Gasteiger charge is -2.09. The van der Waals surface area contributed by atoms with Crippen LogP contribution in [0.15, 0.2) is 53.1 Å². The van der Waals surface area contributed by atoms with E-state index < -0.39 is 0 Å². The van der Waals surface area contributed by atoms with Crippen molar-refractivity contribution < 1.29 is 28.2 Å². The zero-order valence-corrected chi connectivity index (χ0v) is 14.8. The number of hydrogen-bond acceptors (Lipinski definition) is 8. The summed E-state index contributed by atoms with van der Waals surface area (Å²) < 4.78 is 26.6. The number of aromatic nitrogens is 2. The lowest BCUT2D eigenvalue weighted by molar-refractivity contribution is -0.123. The molecular weight excluding hydrogens is 366 g/mol. The van der Waals surface area contributed by atoms with E-state index in [9.17, 15) is 4.79 Å². The number of carbonyl (C=O) groups is 1. The third-order valence-electron chi connectivity index (χ3n) is 3.80. The van der Waals surface area contributed by atoms with Crippen LogP contribution >= 0.6 is 0 Å². The molecule has 0 fully saturated rings. The van der Waals surface area contributed by atoms with Gasteiger partial charge in [-0.15, -0.1) is 10.2 Å². The highest BCUT2D eigenvalue weighted by molar-refractivity contribution is 5.77. The first-order valence-corrected chi connectivity index (χ1v) is 8.57. The van der Waals surface area contributed by atoms with E-state index in [1.807, 2.05) is 0 Å². The second kappa shape index (κ2) is 8.30. The minimum atomic E-state index is -0.263. The summed E-state index contributed by atoms with van der Waals surface area (Å²) in [6, 6.07) is 12.2. The maximum Gasteiger partial charge on any atom is 0.258 e. The van der Waals surface area contributed by atoms with E-state index in [2.05, 4.69) is 15.5 Å². The van der Waals surface area contributed by atoms with Crippen LogP contribution in [0.25, 0.3) is 11.5 Å². The van der Waals surface area contributed by atoms with Crippen molar-refractivity contribution in [3.8, 4) is 34.6 Å². The predicted molar refractivity (Wildman–Crippen MR) is 96.3 cm³/mol. The van der Waals surface area contributed by atoms with E-state index in [0.717, 1.165) is 0 Å². The third kappa shape index (κ3) is 4.32. The minimum Gasteiger partial charge on any atom is -0.484 e. The maximum absolute atomic E-state index is 11.9. The molecule has 1 N–H and O–H groups in total. The summed E-state index contributed by atoms with van der Waals surface area (Å²) in [6.45, 7) is 0.641. The number of nitrogens with one attached hydrogen (secondary N) is 1. The van der Waals surface area contributed by atoms with E-state index in [-0.39, 0.29) is 25.9 Å². The van der Waals surface area contributed by atoms with Gasteiger partial charge in [-0.25, -0.2) is 0 Å². The average molecular weight is 383 g/mol. The first-order chi connectivity index (χ1) is 13.8. The fourth-order valence-electron chi connectivity index (χ4n) is 2.47. The van der Waals surface area contributed by atoms with E-state index in [0.29, 0.717) is 41.1 Å². The molecule has 0 atom stereocenters. The van der Waals surface area contributed by atoms with Crippen molar-refractivity contribution in [2.45, 2.75) is 0 Å². The fourth-order valence-corrected chi connectivity index (χ4v) is 2.47. The quantitative estimate of drug-likeness (QED) is 0.589. The molecule has 28 heavy (non-hydrogen) atoms. The number of furan rings is 1. The molecule has 0 radical (unpaired) electrons. The Morgan fingerprint density at radius 3 is 2.82 bits per heavy atom. The highest BCUT2D eigenvalue weighted by Crippen LogP contribution is 2.35. The van der Waals surface area contributed by atoms with Crippen molar-refractivity contribution in [1.29, 1.82) is 0 Å². The van der Waals surface area contributed by atoms with Gasteiger partial charge in [0.25, 0.3) is 5.91 Å². The topological polar surface area (TPSA) is 105 Å². The maximum atomic E-state index is 11.9. The van der Waals surface area contributed by atoms with Crippen LogP contribution in [-0.2, 0) is 4.79 Å². The molecule has 3 heterocycles. The van der Waals surface area contributed by atoms with Gasteiger partial charge in [-0.3, -0.25) is 4.79 Å². The van der Waals surface area contributed by atoms with Gasteiger partial charge in [0.15, 0.2) is 23.9 Å². The molecular formula is C19H17N3O6. The Bertz CT molecular complexity index is 927. The molecule has 1 aliphatic rings. The van der Waals surface area contributed by atoms with Crippen LogP contribution in [-0.4, -0.2) is 42.7 Å². The molecule has 9 nitrogen and oxygen atoms in total. The molecule has 2 aromatic heterocycles. The molecule has 4 rings (SSSR count). The molecule has 1 aliphatic heterocycles. The van der Waals surface area contributed by atoms with Gasteiger partial charge >= 0.3 is 0 Å². The Morgan fingerprint density at radius 1 is 1.07 bits per heavy atom. The summed E-state index contributed by atoms with van der Waals surface area (Å²) in [7, 11) is 0. The highest BCUT2D eigenvalue weighted by atomic mass is 16.7. The normalized spacial score (nSPS) is 11.9. The van der Waals surface area contributed by atoms with E-state index >= 15 is 0 Å². The molecule has 0 spiro atoms. The molecule has 1 aromatic carbocycles. The zero-order chi connectivity index (χ0) is 19.2. The number of ether oxygens (including phenoxy) is 4. The molecule has 0 bridgehead atoms. The molecule has 144 valence electrons. The fraction of sp³-hybridized carbons (Fsp3) is 0.211. The van der Waals surface area contributed by atoms with Crippen LogP contribution in [0.4, 0.5) is 0 Å². The van der Waals surface area contributed by atoms with E-state index in [1.165, 1.54) is 0 Å². The average Bonchev–Trinajstić information content (AvgIpc) is 3.41. The second-order valence-electron chi connectivity index (χ2n) is 5.74. The summed E-state index contributed by atoms with van der Waals surface area (Å²) in [5.41, 5.74) is 0.617. The number of fused-ring (bicyclic) bond motifs is 1. The number of nitrogens with zero attached hydrogens (tertiary/aromatic N) is 2. The largest absolute Gasteiger partial charge is 0.484 e. The van der Waals surface area contributed by atoms with Crippen LogP contribution in [0.1, 0.15) is 0 Å². The van der Waals surface area contributed by atoms with Crippen molar-refractivity contribution in [1.82, 2.24) is 15.5 Å². The molecule has 3 aromatic rings. The van der Waals surface area contributed by atoms with Gasteiger partial charge in [0.05, 0.1) is 12.8 Å². The summed E-state index contributed by atoms with van der Waals surface area (Å²) in [5, 5.41) is 10.7. The van der Waals surface area contributed by atoms with Gasteiger partial charge in [-0.05, 0) is 30.3 Å². The van der Waals surface area contributed by atoms with Gasteiger partial charge in [0, 0.05) is 12.1 Å². The second-order valence-corrected chi connectivity index (χ2v) is 5.74. The Hall–Kier alpha value is -3.75. The number of carbonyl (C=O) groups excluding carboxylic acids is 1. The van der Waals surface area contributed by atoms with E-state index in [1.54, 1.807) is 48.7 Å². The number of benzene rings is 1. The molecule has 0 aliphatic carbocycles. The molecule has 0 unspecified atom stereocenters. The number of amides is 1. The lowest BCUT2D eigenvalue weighted by Crippen LogP contribution is -2.32. The smallest absolute Gasteiger partial charge is 0.258 e. The number of rotatable bonds is 8. The van der Waals surface area contributed by atoms with Crippen LogP contribution in [0, 0.1) is 0 Å². The van der Waals surface area contributed by atoms with Crippen molar-refractivity contribution in [3.63, 3.8) is 0 Å². The van der Waals surface area contributed by atoms with Gasteiger partial charge in [-0.1, -0.05) is 0 Å². The Morgan fingerprint density at radius 2 is 2.00 bits per heavy atom. The number of hydrogen-bond donors (Lipinski definition) is 1. The minimum absolute atomic E-state index is 0.114. The first-order valence-electron chi connectivity index (χ1n) is 8.57. The summed E-state index contributed by atoms with van der Waals surface area (Å²) in [4.78, 5) is 11.9. The van der Waals surface area contributed by atoms with E-state index in [4.69, 9.17) is 23.4 Å². The summed E-state index contributed by atoms with van der Waals surface area (Å²) in [5.74, 6) is 2.53. The van der Waals surface area contributed by atoms with Crippen molar-refractivity contribution in [2.24, 2.45) is 0 Å². The summed E-state index contributed by atoms with van der Waals surface area (Å²) in [6.07, 6.45) is 1.57. The molecule has 0 saturated heterocycles. The standard InChI is InChI=1S/C19H17N3O6/c23-18(11-26-13-3-5-16-17(10-13)28-12-27-16)20-7-9-25-19-6-4-14(21-22-19)15-2-1-8-24-15/h1-6,8,10H,7,9,11-12H2,(H,20,23).